The maximum atomic E-state index is 10.6. The highest BCUT2D eigenvalue weighted by molar-refractivity contribution is 5.82. The first kappa shape index (κ1) is 11.9. The van der Waals surface area contributed by atoms with Crippen LogP contribution in [0.4, 0.5) is 0 Å². The molecule has 0 radical (unpaired) electrons. The molecule has 0 bridgehead atoms. The van der Waals surface area contributed by atoms with E-state index in [1.165, 1.54) is 0 Å². The van der Waals surface area contributed by atoms with Crippen LogP contribution in [0.25, 0.3) is 9.69 Å². The molecule has 0 heterocycles. The molecule has 0 aliphatic rings. The Balaban J connectivity index is 4.43. The molecule has 0 rings (SSSR count). The summed E-state index contributed by atoms with van der Waals surface area (Å²) in [5, 5.41) is 16.9. The molecule has 0 spiro atoms. The van der Waals surface area contributed by atoms with E-state index in [1.807, 2.05) is 0 Å². The zero-order chi connectivity index (χ0) is 11.2. The van der Waals surface area contributed by atoms with Crippen molar-refractivity contribution in [3.05, 3.63) is 22.8 Å². The van der Waals surface area contributed by atoms with Gasteiger partial charge in [0.1, 0.15) is 6.42 Å². The quantitative estimate of drug-likeness (QED) is 0.639. The van der Waals surface area contributed by atoms with Crippen LogP contribution in [0.3, 0.4) is 0 Å². The smallest absolute Gasteiger partial charge is 0.481 e. The van der Waals surface area contributed by atoms with Gasteiger partial charge in [0.2, 0.25) is 0 Å². The summed E-state index contributed by atoms with van der Waals surface area (Å²) in [6.45, 7) is 13.2. The Morgan fingerprint density at radius 2 is 1.71 bits per heavy atom. The van der Waals surface area contributed by atoms with E-state index >= 15 is 0 Å². The third-order valence-corrected chi connectivity index (χ3v) is 1.63. The molecule has 0 saturated carbocycles. The Morgan fingerprint density at radius 1 is 1.21 bits per heavy atom. The number of carboxylic acid groups (broad SMARTS) is 2. The first-order chi connectivity index (χ1) is 6.48. The zero-order valence-electron chi connectivity index (χ0n) is 7.23. The summed E-state index contributed by atoms with van der Waals surface area (Å²) in [5.74, 6) is -2.59. The molecule has 0 atom stereocenters. The van der Waals surface area contributed by atoms with Crippen LogP contribution in [0.15, 0.2) is 0 Å². The van der Waals surface area contributed by atoms with Crippen molar-refractivity contribution in [2.24, 2.45) is 0 Å². The number of rotatable bonds is 5. The molecule has 6 nitrogen and oxygen atoms in total. The second-order valence-corrected chi connectivity index (χ2v) is 2.59. The predicted octanol–water partition coefficient (Wildman–Crippen LogP) is 0.861. The minimum atomic E-state index is -2.14. The van der Waals surface area contributed by atoms with E-state index in [2.05, 4.69) is 9.69 Å². The van der Waals surface area contributed by atoms with Crippen LogP contribution in [0.1, 0.15) is 19.3 Å². The van der Waals surface area contributed by atoms with E-state index in [4.69, 9.17) is 23.4 Å². The molecule has 0 aliphatic heterocycles. The van der Waals surface area contributed by atoms with Crippen molar-refractivity contribution < 1.29 is 19.8 Å². The van der Waals surface area contributed by atoms with E-state index in [0.29, 0.717) is 0 Å². The van der Waals surface area contributed by atoms with E-state index in [9.17, 15) is 9.59 Å². The molecule has 14 heavy (non-hydrogen) atoms. The first-order valence-electron chi connectivity index (χ1n) is 3.71. The van der Waals surface area contributed by atoms with Gasteiger partial charge in [0, 0.05) is 6.42 Å². The van der Waals surface area contributed by atoms with Crippen molar-refractivity contribution in [3.63, 3.8) is 0 Å². The lowest BCUT2D eigenvalue weighted by Gasteiger charge is -2.02. The minimum absolute atomic E-state index is 0.00634. The summed E-state index contributed by atoms with van der Waals surface area (Å²) in [5.41, 5.74) is -2.14. The number of carbonyl (C=O) groups is 2. The van der Waals surface area contributed by atoms with Crippen LogP contribution >= 0.6 is 0 Å². The fourth-order valence-electron chi connectivity index (χ4n) is 0.825. The van der Waals surface area contributed by atoms with Gasteiger partial charge in [0.15, 0.2) is 0 Å². The maximum absolute atomic E-state index is 10.6. The van der Waals surface area contributed by atoms with Gasteiger partial charge in [-0.25, -0.2) is 27.6 Å². The molecule has 0 saturated heterocycles. The van der Waals surface area contributed by atoms with E-state index in [0.717, 1.165) is 0 Å². The average Bonchev–Trinajstić information content (AvgIpc) is 2.12. The fourth-order valence-corrected chi connectivity index (χ4v) is 0.825. The lowest BCUT2D eigenvalue weighted by molar-refractivity contribution is -0.141. The molecule has 6 heteroatoms. The largest absolute Gasteiger partial charge is 0.581 e. The van der Waals surface area contributed by atoms with Crippen molar-refractivity contribution in [3.8, 4) is 0 Å². The standard InChI is InChI=1S/C8H8N2O4/c1-9-8(10-2,7(13)14)5-3-4-6(11)12/h3-5H2,(H,11,12)(H,13,14). The fraction of sp³-hybridized carbons (Fsp3) is 0.500. The van der Waals surface area contributed by atoms with Crippen molar-refractivity contribution in [2.45, 2.75) is 24.9 Å². The summed E-state index contributed by atoms with van der Waals surface area (Å²) >= 11 is 0. The summed E-state index contributed by atoms with van der Waals surface area (Å²) in [4.78, 5) is 26.2. The van der Waals surface area contributed by atoms with Crippen LogP contribution in [0.5, 0.6) is 0 Å². The van der Waals surface area contributed by atoms with Crippen molar-refractivity contribution in [1.29, 1.82) is 0 Å². The lowest BCUT2D eigenvalue weighted by atomic mass is 10.0. The van der Waals surface area contributed by atoms with Gasteiger partial charge < -0.3 is 10.2 Å². The van der Waals surface area contributed by atoms with Gasteiger partial charge in [0.05, 0.1) is 0 Å². The molecule has 0 amide bonds. The SMILES string of the molecule is [C-]#[N+]C(CCCC(=O)O)([N+]#[C-])C(=O)O. The molecule has 0 unspecified atom stereocenters. The van der Waals surface area contributed by atoms with Crippen LogP contribution in [-0.2, 0) is 9.59 Å². The molecular weight excluding hydrogens is 188 g/mol. The highest BCUT2D eigenvalue weighted by Gasteiger charge is 2.53. The number of hydrogen-bond acceptors (Lipinski definition) is 2. The molecule has 0 aromatic heterocycles. The monoisotopic (exact) mass is 196 g/mol. The van der Waals surface area contributed by atoms with Gasteiger partial charge in [-0.05, 0) is 6.42 Å². The summed E-state index contributed by atoms with van der Waals surface area (Å²) in [6.07, 6.45) is -0.492. The summed E-state index contributed by atoms with van der Waals surface area (Å²) in [6, 6.07) is 0. The third-order valence-electron chi connectivity index (χ3n) is 1.63. The highest BCUT2D eigenvalue weighted by atomic mass is 16.4. The Kier molecular flexibility index (Phi) is 4.11. The summed E-state index contributed by atoms with van der Waals surface area (Å²) < 4.78 is 0. The minimum Gasteiger partial charge on any atom is -0.481 e. The normalized spacial score (nSPS) is 9.86. The molecule has 0 aromatic rings. The maximum Gasteiger partial charge on any atom is 0.581 e. The average molecular weight is 196 g/mol. The highest BCUT2D eigenvalue weighted by Crippen LogP contribution is 2.21. The first-order valence-corrected chi connectivity index (χ1v) is 3.71. The van der Waals surface area contributed by atoms with Gasteiger partial charge in [-0.2, -0.15) is 0 Å². The molecule has 2 N–H and O–H groups in total. The Morgan fingerprint density at radius 3 is 2.00 bits per heavy atom. The van der Waals surface area contributed by atoms with E-state index in [1.54, 1.807) is 0 Å². The predicted molar refractivity (Wildman–Crippen MR) is 45.1 cm³/mol. The van der Waals surface area contributed by atoms with Crippen LogP contribution in [0, 0.1) is 13.1 Å². The Bertz CT molecular complexity index is 309. The number of nitrogens with zero attached hydrogens (tertiary/aromatic N) is 2. The molecule has 0 aromatic carbocycles. The van der Waals surface area contributed by atoms with Crippen molar-refractivity contribution in [1.82, 2.24) is 0 Å². The topological polar surface area (TPSA) is 83.3 Å². The molecule has 74 valence electrons. The zero-order valence-corrected chi connectivity index (χ0v) is 7.23. The van der Waals surface area contributed by atoms with Crippen molar-refractivity contribution >= 4 is 11.9 Å². The third kappa shape index (κ3) is 2.76. The van der Waals surface area contributed by atoms with Gasteiger partial charge in [-0.3, -0.25) is 4.79 Å². The molecule has 0 aliphatic carbocycles. The Hall–Kier alpha value is -2.08. The Labute approximate surface area is 80.4 Å². The summed E-state index contributed by atoms with van der Waals surface area (Å²) in [7, 11) is 0. The van der Waals surface area contributed by atoms with Gasteiger partial charge in [-0.15, -0.1) is 0 Å². The number of hydrogen-bond donors (Lipinski definition) is 2. The number of carboxylic acids is 2. The molecule has 0 fully saturated rings. The van der Waals surface area contributed by atoms with E-state index in [-0.39, 0.29) is 19.3 Å². The second kappa shape index (κ2) is 4.83. The van der Waals surface area contributed by atoms with Crippen molar-refractivity contribution in [2.75, 3.05) is 0 Å². The van der Waals surface area contributed by atoms with E-state index < -0.39 is 17.6 Å². The second-order valence-electron chi connectivity index (χ2n) is 2.59. The van der Waals surface area contributed by atoms with Crippen LogP contribution in [0.2, 0.25) is 0 Å². The van der Waals surface area contributed by atoms with Gasteiger partial charge in [0.25, 0.3) is 0 Å². The molecular formula is C8H8N2O4. The van der Waals surface area contributed by atoms with Gasteiger partial charge >= 0.3 is 17.6 Å². The number of aliphatic carboxylic acids is 2. The van der Waals surface area contributed by atoms with Gasteiger partial charge in [-0.1, -0.05) is 0 Å². The lowest BCUT2D eigenvalue weighted by Crippen LogP contribution is -2.31. The van der Waals surface area contributed by atoms with Crippen LogP contribution < -0.4 is 0 Å². The van der Waals surface area contributed by atoms with Crippen LogP contribution in [-0.4, -0.2) is 27.8 Å².